The van der Waals surface area contributed by atoms with Crippen molar-refractivity contribution >= 4 is 17.2 Å². The molecular weight excluding hydrogens is 308 g/mol. The smallest absolute Gasteiger partial charge is 0.169 e. The molecule has 0 atom stereocenters. The second kappa shape index (κ2) is 7.02. The van der Waals surface area contributed by atoms with Crippen LogP contribution in [0.1, 0.15) is 28.9 Å². The van der Waals surface area contributed by atoms with Gasteiger partial charge < -0.3 is 4.90 Å². The predicted octanol–water partition coefficient (Wildman–Crippen LogP) is 2.13. The van der Waals surface area contributed by atoms with E-state index in [9.17, 15) is 5.26 Å². The highest BCUT2D eigenvalue weighted by atomic mass is 32.1. The highest BCUT2D eigenvalue weighted by Crippen LogP contribution is 2.22. The van der Waals surface area contributed by atoms with Crippen molar-refractivity contribution in [2.45, 2.75) is 26.8 Å². The summed E-state index contributed by atoms with van der Waals surface area (Å²) in [4.78, 5) is 8.97. The van der Waals surface area contributed by atoms with Gasteiger partial charge in [0.05, 0.1) is 16.9 Å². The van der Waals surface area contributed by atoms with Gasteiger partial charge in [0, 0.05) is 38.1 Å². The summed E-state index contributed by atoms with van der Waals surface area (Å²) in [5.74, 6) is 0.728. The Morgan fingerprint density at radius 1 is 1.22 bits per heavy atom. The van der Waals surface area contributed by atoms with Gasteiger partial charge in [-0.15, -0.1) is 16.4 Å². The molecule has 1 fully saturated rings. The monoisotopic (exact) mass is 328 g/mol. The normalized spacial score (nSPS) is 16.1. The summed E-state index contributed by atoms with van der Waals surface area (Å²) in [7, 11) is 0. The number of anilines is 1. The minimum absolute atomic E-state index is 0.658. The highest BCUT2D eigenvalue weighted by Gasteiger charge is 2.21. The summed E-state index contributed by atoms with van der Waals surface area (Å²) in [6.07, 6.45) is 1.05. The molecule has 0 spiro atoms. The molecule has 3 heterocycles. The lowest BCUT2D eigenvalue weighted by atomic mass is 10.1. The molecule has 120 valence electrons. The zero-order valence-electron chi connectivity index (χ0n) is 13.5. The Bertz CT molecular complexity index is 706. The van der Waals surface area contributed by atoms with Gasteiger partial charge in [-0.25, -0.2) is 4.98 Å². The summed E-state index contributed by atoms with van der Waals surface area (Å²) in [5, 5.41) is 20.1. The van der Waals surface area contributed by atoms with E-state index in [0.29, 0.717) is 5.56 Å². The lowest BCUT2D eigenvalue weighted by molar-refractivity contribution is 0.282. The fourth-order valence-corrected chi connectivity index (χ4v) is 3.39. The molecule has 1 saturated heterocycles. The van der Waals surface area contributed by atoms with E-state index >= 15 is 0 Å². The van der Waals surface area contributed by atoms with Crippen LogP contribution >= 0.6 is 11.3 Å². The van der Waals surface area contributed by atoms with E-state index < -0.39 is 0 Å². The SMILES string of the molecule is Cc1nnc(N2CCCN(Cc3cscn3)CC2)c(C#N)c1C. The van der Waals surface area contributed by atoms with Gasteiger partial charge in [0.25, 0.3) is 0 Å². The van der Waals surface area contributed by atoms with Gasteiger partial charge in [0.1, 0.15) is 11.6 Å². The van der Waals surface area contributed by atoms with Gasteiger partial charge in [0.2, 0.25) is 0 Å². The van der Waals surface area contributed by atoms with Gasteiger partial charge in [-0.05, 0) is 25.8 Å². The molecular formula is C16H20N6S. The first-order valence-corrected chi connectivity index (χ1v) is 8.71. The molecule has 1 aliphatic rings. The Morgan fingerprint density at radius 3 is 2.83 bits per heavy atom. The second-order valence-electron chi connectivity index (χ2n) is 5.82. The Balaban J connectivity index is 1.73. The molecule has 2 aromatic heterocycles. The molecule has 23 heavy (non-hydrogen) atoms. The summed E-state index contributed by atoms with van der Waals surface area (Å²) in [5.41, 5.74) is 5.42. The standard InChI is InChI=1S/C16H20N6S/c1-12-13(2)19-20-16(15(12)8-17)22-5-3-4-21(6-7-22)9-14-10-23-11-18-14/h10-11H,3-7,9H2,1-2H3. The van der Waals surface area contributed by atoms with Gasteiger partial charge in [-0.2, -0.15) is 10.4 Å². The van der Waals surface area contributed by atoms with E-state index in [1.807, 2.05) is 19.4 Å². The summed E-state index contributed by atoms with van der Waals surface area (Å²) in [6.45, 7) is 8.46. The third kappa shape index (κ3) is 3.49. The minimum Gasteiger partial charge on any atom is -0.353 e. The van der Waals surface area contributed by atoms with Crippen molar-refractivity contribution < 1.29 is 0 Å². The van der Waals surface area contributed by atoms with Crippen LogP contribution in [0, 0.1) is 25.2 Å². The largest absolute Gasteiger partial charge is 0.353 e. The number of nitrogens with zero attached hydrogens (tertiary/aromatic N) is 6. The Morgan fingerprint density at radius 2 is 2.09 bits per heavy atom. The lowest BCUT2D eigenvalue weighted by Crippen LogP contribution is -2.32. The van der Waals surface area contributed by atoms with Crippen molar-refractivity contribution in [2.75, 3.05) is 31.1 Å². The van der Waals surface area contributed by atoms with Crippen molar-refractivity contribution in [3.05, 3.63) is 33.4 Å². The van der Waals surface area contributed by atoms with Gasteiger partial charge in [-0.3, -0.25) is 4.90 Å². The maximum atomic E-state index is 9.49. The van der Waals surface area contributed by atoms with Crippen LogP contribution < -0.4 is 4.90 Å². The first-order chi connectivity index (χ1) is 11.2. The van der Waals surface area contributed by atoms with E-state index in [-0.39, 0.29) is 0 Å². The van der Waals surface area contributed by atoms with Gasteiger partial charge in [0.15, 0.2) is 5.82 Å². The first kappa shape index (κ1) is 15.8. The zero-order chi connectivity index (χ0) is 16.2. The predicted molar refractivity (Wildman–Crippen MR) is 90.4 cm³/mol. The first-order valence-electron chi connectivity index (χ1n) is 7.77. The third-order valence-corrected chi connectivity index (χ3v) is 4.94. The maximum absolute atomic E-state index is 9.49. The van der Waals surface area contributed by atoms with Crippen LogP contribution in [0.4, 0.5) is 5.82 Å². The quantitative estimate of drug-likeness (QED) is 0.860. The maximum Gasteiger partial charge on any atom is 0.169 e. The minimum atomic E-state index is 0.658. The Hall–Kier alpha value is -2.04. The Kier molecular flexibility index (Phi) is 4.84. The van der Waals surface area contributed by atoms with E-state index in [4.69, 9.17) is 0 Å². The molecule has 0 radical (unpaired) electrons. The van der Waals surface area contributed by atoms with Crippen molar-refractivity contribution in [3.8, 4) is 6.07 Å². The topological polar surface area (TPSA) is 68.9 Å². The van der Waals surface area contributed by atoms with Crippen LogP contribution in [0.5, 0.6) is 0 Å². The highest BCUT2D eigenvalue weighted by molar-refractivity contribution is 7.07. The number of hydrogen-bond acceptors (Lipinski definition) is 7. The second-order valence-corrected chi connectivity index (χ2v) is 6.54. The zero-order valence-corrected chi connectivity index (χ0v) is 14.3. The van der Waals surface area contributed by atoms with Crippen molar-refractivity contribution in [1.29, 1.82) is 5.26 Å². The molecule has 2 aromatic rings. The number of thiazole rings is 1. The number of rotatable bonds is 3. The van der Waals surface area contributed by atoms with Crippen LogP contribution in [-0.4, -0.2) is 46.3 Å². The molecule has 7 heteroatoms. The van der Waals surface area contributed by atoms with E-state index in [0.717, 1.165) is 61.9 Å². The number of nitriles is 1. The molecule has 0 aliphatic carbocycles. The molecule has 1 aliphatic heterocycles. The van der Waals surface area contributed by atoms with Crippen molar-refractivity contribution in [3.63, 3.8) is 0 Å². The van der Waals surface area contributed by atoms with Gasteiger partial charge >= 0.3 is 0 Å². The van der Waals surface area contributed by atoms with Crippen molar-refractivity contribution in [2.24, 2.45) is 0 Å². The summed E-state index contributed by atoms with van der Waals surface area (Å²) >= 11 is 1.64. The number of hydrogen-bond donors (Lipinski definition) is 0. The summed E-state index contributed by atoms with van der Waals surface area (Å²) < 4.78 is 0. The van der Waals surface area contributed by atoms with E-state index in [1.165, 1.54) is 0 Å². The van der Waals surface area contributed by atoms with Crippen LogP contribution in [0.2, 0.25) is 0 Å². The van der Waals surface area contributed by atoms with Gasteiger partial charge in [-0.1, -0.05) is 0 Å². The molecule has 0 unspecified atom stereocenters. The number of aryl methyl sites for hydroxylation is 1. The average molecular weight is 328 g/mol. The summed E-state index contributed by atoms with van der Waals surface area (Å²) in [6, 6.07) is 2.30. The molecule has 0 amide bonds. The molecule has 0 saturated carbocycles. The number of aromatic nitrogens is 3. The van der Waals surface area contributed by atoms with Crippen LogP contribution in [0.15, 0.2) is 10.9 Å². The van der Waals surface area contributed by atoms with E-state index in [1.54, 1.807) is 11.3 Å². The van der Waals surface area contributed by atoms with Crippen LogP contribution in [-0.2, 0) is 6.54 Å². The molecule has 6 nitrogen and oxygen atoms in total. The van der Waals surface area contributed by atoms with Crippen molar-refractivity contribution in [1.82, 2.24) is 20.1 Å². The fraction of sp³-hybridized carbons (Fsp3) is 0.500. The average Bonchev–Trinajstić information content (AvgIpc) is 2.95. The fourth-order valence-electron chi connectivity index (χ4n) is 2.84. The van der Waals surface area contributed by atoms with Crippen LogP contribution in [0.3, 0.4) is 0 Å². The third-order valence-electron chi connectivity index (χ3n) is 4.30. The lowest BCUT2D eigenvalue weighted by Gasteiger charge is -2.23. The molecule has 0 bridgehead atoms. The molecule has 0 N–H and O–H groups in total. The Labute approximate surface area is 140 Å². The molecule has 3 rings (SSSR count). The van der Waals surface area contributed by atoms with E-state index in [2.05, 4.69) is 36.4 Å². The molecule has 0 aromatic carbocycles. The van der Waals surface area contributed by atoms with Crippen LogP contribution in [0.25, 0.3) is 0 Å².